The maximum absolute atomic E-state index is 4.98. The molecular weight excluding hydrogens is 422 g/mol. The van der Waals surface area contributed by atoms with Gasteiger partial charge in [0.05, 0.1) is 17.4 Å². The van der Waals surface area contributed by atoms with Gasteiger partial charge in [-0.1, -0.05) is 23.8 Å². The van der Waals surface area contributed by atoms with Gasteiger partial charge < -0.3 is 5.32 Å². The maximum atomic E-state index is 4.98. The van der Waals surface area contributed by atoms with Gasteiger partial charge in [0.25, 0.3) is 0 Å². The van der Waals surface area contributed by atoms with Crippen molar-refractivity contribution in [2.75, 3.05) is 7.05 Å². The van der Waals surface area contributed by atoms with Crippen LogP contribution in [0.25, 0.3) is 50.0 Å². The molecule has 168 valence electrons. The molecule has 0 amide bonds. The number of pyridine rings is 1. The van der Waals surface area contributed by atoms with Crippen LogP contribution in [0.4, 0.5) is 0 Å². The van der Waals surface area contributed by atoms with Gasteiger partial charge in [-0.15, -0.1) is 0 Å². The highest BCUT2D eigenvalue weighted by atomic mass is 15.2. The van der Waals surface area contributed by atoms with E-state index in [-0.39, 0.29) is 6.04 Å². The summed E-state index contributed by atoms with van der Waals surface area (Å²) in [7, 11) is 2.00. The van der Waals surface area contributed by atoms with Crippen molar-refractivity contribution in [3.8, 4) is 5.69 Å². The summed E-state index contributed by atoms with van der Waals surface area (Å²) in [5, 5.41) is 5.72. The summed E-state index contributed by atoms with van der Waals surface area (Å²) in [6.07, 6.45) is 7.78. The molecule has 0 spiro atoms. The molecule has 0 saturated carbocycles. The number of fused-ring (bicyclic) bond motifs is 6. The molecule has 7 rings (SSSR count). The fourth-order valence-corrected chi connectivity index (χ4v) is 5.66. The molecule has 1 atom stereocenters. The van der Waals surface area contributed by atoms with Crippen molar-refractivity contribution < 1.29 is 0 Å². The largest absolute Gasteiger partial charge is 0.313 e. The predicted octanol–water partition coefficient (Wildman–Crippen LogP) is 5.27. The van der Waals surface area contributed by atoms with E-state index in [0.29, 0.717) is 0 Å². The van der Waals surface area contributed by atoms with E-state index in [1.807, 2.05) is 32.0 Å². The first-order chi connectivity index (χ1) is 16.5. The van der Waals surface area contributed by atoms with E-state index in [2.05, 4.69) is 70.6 Å². The lowest BCUT2D eigenvalue weighted by Crippen LogP contribution is -2.14. The van der Waals surface area contributed by atoms with Crippen LogP contribution in [0, 0.1) is 20.8 Å². The number of nitrogens with zero attached hydrogens (tertiary/aromatic N) is 6. The smallest absolute Gasteiger partial charge is 0.165 e. The van der Waals surface area contributed by atoms with Crippen molar-refractivity contribution in [2.45, 2.75) is 33.7 Å². The lowest BCUT2D eigenvalue weighted by molar-refractivity contribution is 0.657. The van der Waals surface area contributed by atoms with Crippen LogP contribution in [0.15, 0.2) is 49.2 Å². The average Bonchev–Trinajstić information content (AvgIpc) is 3.56. The minimum absolute atomic E-state index is 0.173. The van der Waals surface area contributed by atoms with Crippen molar-refractivity contribution in [3.63, 3.8) is 0 Å². The number of nitrogens with one attached hydrogen (secondary N) is 1. The van der Waals surface area contributed by atoms with Crippen LogP contribution in [-0.2, 0) is 0 Å². The Hall–Kier alpha value is -3.97. The van der Waals surface area contributed by atoms with Crippen LogP contribution in [-0.4, -0.2) is 35.4 Å². The maximum Gasteiger partial charge on any atom is 0.165 e. The van der Waals surface area contributed by atoms with Gasteiger partial charge in [-0.25, -0.2) is 15.0 Å². The topological polar surface area (TPSA) is 64.5 Å². The Balaban J connectivity index is 1.77. The number of aryl methyl sites for hydroxylation is 3. The SMILES string of the molecule is CNC(C)c1cc(C)c2c3ncn(-c4ccc(C)cc4C)c3c3ncc4n5ccnc5c1c2n34. The summed E-state index contributed by atoms with van der Waals surface area (Å²) in [6.45, 7) is 8.65. The van der Waals surface area contributed by atoms with E-state index in [9.17, 15) is 0 Å². The van der Waals surface area contributed by atoms with Crippen LogP contribution in [0.2, 0.25) is 0 Å². The molecule has 0 radical (unpaired) electrons. The molecule has 0 saturated heterocycles. The minimum atomic E-state index is 0.173. The molecule has 0 aliphatic heterocycles. The molecule has 0 bridgehead atoms. The second-order valence-corrected chi connectivity index (χ2v) is 9.39. The van der Waals surface area contributed by atoms with E-state index >= 15 is 0 Å². The van der Waals surface area contributed by atoms with Gasteiger partial charge in [-0.2, -0.15) is 0 Å². The Bertz CT molecular complexity index is 1900. The summed E-state index contributed by atoms with van der Waals surface area (Å²) in [6, 6.07) is 9.00. The zero-order valence-electron chi connectivity index (χ0n) is 19.9. The van der Waals surface area contributed by atoms with Crippen molar-refractivity contribution in [3.05, 3.63) is 71.4 Å². The predicted molar refractivity (Wildman–Crippen MR) is 136 cm³/mol. The van der Waals surface area contributed by atoms with Gasteiger partial charge in [-0.05, 0) is 57.5 Å². The Morgan fingerprint density at radius 3 is 2.56 bits per heavy atom. The Labute approximate surface area is 196 Å². The van der Waals surface area contributed by atoms with E-state index in [1.165, 1.54) is 22.3 Å². The lowest BCUT2D eigenvalue weighted by atomic mass is 9.95. The average molecular weight is 448 g/mol. The molecule has 0 aliphatic carbocycles. The van der Waals surface area contributed by atoms with E-state index in [1.54, 1.807) is 0 Å². The number of imidazole rings is 3. The highest BCUT2D eigenvalue weighted by Gasteiger charge is 2.26. The standard InChI is InChI=1S/C27H25N7/c1-14-6-7-19(15(2)10-14)33-13-31-23-21-16(3)11-18(17(4)28-5)22-24(21)34-20(12-30-27(34)25(23)33)32-9-8-29-26(22)32/h6-13,17,28H,1-5H3. The number of benzene rings is 2. The minimum Gasteiger partial charge on any atom is -0.313 e. The highest BCUT2D eigenvalue weighted by Crippen LogP contribution is 2.40. The Morgan fingerprint density at radius 1 is 0.912 bits per heavy atom. The first-order valence-corrected chi connectivity index (χ1v) is 11.6. The van der Waals surface area contributed by atoms with Crippen molar-refractivity contribution in [1.29, 1.82) is 0 Å². The molecule has 0 fully saturated rings. The third-order valence-electron chi connectivity index (χ3n) is 7.33. The fourth-order valence-electron chi connectivity index (χ4n) is 5.66. The molecule has 34 heavy (non-hydrogen) atoms. The van der Waals surface area contributed by atoms with E-state index in [0.717, 1.165) is 50.0 Å². The molecule has 1 N–H and O–H groups in total. The second kappa shape index (κ2) is 6.55. The summed E-state index contributed by atoms with van der Waals surface area (Å²) < 4.78 is 6.63. The number of hydrogen-bond donors (Lipinski definition) is 1. The number of rotatable bonds is 3. The summed E-state index contributed by atoms with van der Waals surface area (Å²) in [4.78, 5) is 14.7. The number of aromatic nitrogens is 6. The molecule has 0 aliphatic rings. The summed E-state index contributed by atoms with van der Waals surface area (Å²) in [5.41, 5.74) is 12.0. The fraction of sp³-hybridized carbons (Fsp3) is 0.222. The molecule has 5 aromatic heterocycles. The zero-order valence-corrected chi connectivity index (χ0v) is 19.9. The lowest BCUT2D eigenvalue weighted by Gasteiger charge is -2.20. The molecule has 5 heterocycles. The van der Waals surface area contributed by atoms with Crippen molar-refractivity contribution in [2.24, 2.45) is 0 Å². The third kappa shape index (κ3) is 2.27. The van der Waals surface area contributed by atoms with E-state index < -0.39 is 0 Å². The third-order valence-corrected chi connectivity index (χ3v) is 7.33. The second-order valence-electron chi connectivity index (χ2n) is 9.39. The molecule has 7 nitrogen and oxygen atoms in total. The van der Waals surface area contributed by atoms with Crippen LogP contribution in [0.3, 0.4) is 0 Å². The van der Waals surface area contributed by atoms with Crippen LogP contribution in [0.5, 0.6) is 0 Å². The van der Waals surface area contributed by atoms with Crippen molar-refractivity contribution >= 4 is 44.3 Å². The van der Waals surface area contributed by atoms with Gasteiger partial charge in [0.15, 0.2) is 5.65 Å². The molecule has 7 aromatic rings. The van der Waals surface area contributed by atoms with Crippen LogP contribution >= 0.6 is 0 Å². The zero-order chi connectivity index (χ0) is 23.3. The first kappa shape index (κ1) is 19.5. The monoisotopic (exact) mass is 447 g/mol. The Morgan fingerprint density at radius 2 is 1.76 bits per heavy atom. The highest BCUT2D eigenvalue weighted by molar-refractivity contribution is 6.19. The molecular formula is C27H25N7. The summed E-state index contributed by atoms with van der Waals surface area (Å²) >= 11 is 0. The first-order valence-electron chi connectivity index (χ1n) is 11.6. The van der Waals surface area contributed by atoms with Gasteiger partial charge in [0.1, 0.15) is 28.7 Å². The van der Waals surface area contributed by atoms with Gasteiger partial charge in [0.2, 0.25) is 0 Å². The van der Waals surface area contributed by atoms with Gasteiger partial charge >= 0.3 is 0 Å². The van der Waals surface area contributed by atoms with Gasteiger partial charge in [0, 0.05) is 29.2 Å². The van der Waals surface area contributed by atoms with Crippen LogP contribution < -0.4 is 5.32 Å². The van der Waals surface area contributed by atoms with E-state index in [4.69, 9.17) is 15.0 Å². The van der Waals surface area contributed by atoms with Crippen LogP contribution in [0.1, 0.15) is 35.2 Å². The van der Waals surface area contributed by atoms with Crippen molar-refractivity contribution in [1.82, 2.24) is 33.6 Å². The molecule has 2 aromatic carbocycles. The molecule has 1 unspecified atom stereocenters. The Kier molecular flexibility index (Phi) is 3.75. The van der Waals surface area contributed by atoms with Gasteiger partial charge in [-0.3, -0.25) is 13.4 Å². The normalized spacial score (nSPS) is 13.4. The quantitative estimate of drug-likeness (QED) is 0.401. The number of hydrogen-bond acceptors (Lipinski definition) is 4. The summed E-state index contributed by atoms with van der Waals surface area (Å²) in [5.74, 6) is 0. The molecule has 7 heteroatoms.